The minimum Gasteiger partial charge on any atom is -0.496 e. The molecule has 0 saturated heterocycles. The van der Waals surface area contributed by atoms with Gasteiger partial charge in [-0.05, 0) is 41.8 Å². The van der Waals surface area contributed by atoms with Gasteiger partial charge in [-0.2, -0.15) is 0 Å². The third-order valence-corrected chi connectivity index (χ3v) is 6.88. The Balaban J connectivity index is 1.42. The predicted molar refractivity (Wildman–Crippen MR) is 138 cm³/mol. The van der Waals surface area contributed by atoms with E-state index in [1.807, 2.05) is 24.3 Å². The van der Waals surface area contributed by atoms with Crippen LogP contribution in [0.15, 0.2) is 84.9 Å². The molecule has 35 heavy (non-hydrogen) atoms. The number of ether oxygens (including phenoxy) is 2. The lowest BCUT2D eigenvalue weighted by Crippen LogP contribution is -2.37. The summed E-state index contributed by atoms with van der Waals surface area (Å²) in [4.78, 5) is 11.8. The number of methoxy groups -OCH3 is 1. The molecule has 0 fully saturated rings. The van der Waals surface area contributed by atoms with Gasteiger partial charge in [0, 0.05) is 29.6 Å². The lowest BCUT2D eigenvalue weighted by molar-refractivity contribution is 0.0693. The molecule has 3 atom stereocenters. The molecule has 5 rings (SSSR count). The van der Waals surface area contributed by atoms with E-state index in [1.54, 1.807) is 12.1 Å². The van der Waals surface area contributed by atoms with Gasteiger partial charge in [0.15, 0.2) is 0 Å². The van der Waals surface area contributed by atoms with Gasteiger partial charge in [0.05, 0.1) is 7.11 Å². The first-order chi connectivity index (χ1) is 17.1. The standard InChI is InChI=1S/C30H29NO4/c1-19(22-13-7-10-20-9-3-4-11-23(20)22)31-18-21-17-27(24-12-5-6-16-28(24)35-21)25-14-8-15-26(30(32)33)29(25)34-2/h3-16,19,21,27,31H,17-18H2,1-2H3,(H,32,33)/t19-,21-,27-/m1/s1. The maximum atomic E-state index is 11.8. The fraction of sp³-hybridized carbons (Fsp3) is 0.233. The summed E-state index contributed by atoms with van der Waals surface area (Å²) >= 11 is 0. The molecule has 0 unspecified atom stereocenters. The molecule has 0 spiro atoms. The monoisotopic (exact) mass is 467 g/mol. The molecule has 5 heteroatoms. The molecule has 0 amide bonds. The van der Waals surface area contributed by atoms with Crippen LogP contribution in [0.4, 0.5) is 0 Å². The summed E-state index contributed by atoms with van der Waals surface area (Å²) in [5.41, 5.74) is 3.35. The molecule has 2 N–H and O–H groups in total. The Morgan fingerprint density at radius 1 is 1.00 bits per heavy atom. The first kappa shape index (κ1) is 22.9. The molecule has 1 aliphatic rings. The highest BCUT2D eigenvalue weighted by molar-refractivity contribution is 5.91. The first-order valence-corrected chi connectivity index (χ1v) is 11.9. The maximum Gasteiger partial charge on any atom is 0.339 e. The molecule has 0 radical (unpaired) electrons. The molecular formula is C30H29NO4. The highest BCUT2D eigenvalue weighted by atomic mass is 16.5. The van der Waals surface area contributed by atoms with E-state index >= 15 is 0 Å². The van der Waals surface area contributed by atoms with Crippen LogP contribution in [0, 0.1) is 0 Å². The topological polar surface area (TPSA) is 67.8 Å². The quantitative estimate of drug-likeness (QED) is 0.340. The molecule has 4 aromatic rings. The van der Waals surface area contributed by atoms with E-state index in [0.717, 1.165) is 16.9 Å². The summed E-state index contributed by atoms with van der Waals surface area (Å²) in [6, 6.07) is 28.3. The van der Waals surface area contributed by atoms with E-state index in [0.29, 0.717) is 18.7 Å². The van der Waals surface area contributed by atoms with E-state index in [-0.39, 0.29) is 23.6 Å². The van der Waals surface area contributed by atoms with Gasteiger partial charge in [-0.1, -0.05) is 72.8 Å². The molecule has 0 saturated carbocycles. The van der Waals surface area contributed by atoms with Crippen molar-refractivity contribution in [2.45, 2.75) is 31.4 Å². The van der Waals surface area contributed by atoms with Crippen LogP contribution in [-0.2, 0) is 0 Å². The van der Waals surface area contributed by atoms with Crippen molar-refractivity contribution < 1.29 is 19.4 Å². The molecule has 0 aromatic heterocycles. The second-order valence-electron chi connectivity index (χ2n) is 9.00. The number of carbonyl (C=O) groups is 1. The van der Waals surface area contributed by atoms with Gasteiger partial charge in [0.1, 0.15) is 23.2 Å². The molecule has 5 nitrogen and oxygen atoms in total. The highest BCUT2D eigenvalue weighted by Crippen LogP contribution is 2.44. The Kier molecular flexibility index (Phi) is 6.43. The number of fused-ring (bicyclic) bond motifs is 2. The number of hydrogen-bond acceptors (Lipinski definition) is 4. The average Bonchev–Trinajstić information content (AvgIpc) is 2.90. The number of rotatable bonds is 7. The number of carboxylic acids is 1. The summed E-state index contributed by atoms with van der Waals surface area (Å²) in [5.74, 6) is 0.216. The lowest BCUT2D eigenvalue weighted by atomic mass is 9.83. The Hall–Kier alpha value is -3.83. The van der Waals surface area contributed by atoms with E-state index in [9.17, 15) is 9.90 Å². The van der Waals surface area contributed by atoms with Gasteiger partial charge in [0.25, 0.3) is 0 Å². The van der Waals surface area contributed by atoms with Crippen molar-refractivity contribution in [3.05, 3.63) is 107 Å². The van der Waals surface area contributed by atoms with Gasteiger partial charge >= 0.3 is 5.97 Å². The summed E-state index contributed by atoms with van der Waals surface area (Å²) in [6.07, 6.45) is 0.636. The summed E-state index contributed by atoms with van der Waals surface area (Å²) < 4.78 is 12.0. The van der Waals surface area contributed by atoms with Crippen molar-refractivity contribution in [2.75, 3.05) is 13.7 Å². The molecule has 0 bridgehead atoms. The van der Waals surface area contributed by atoms with Crippen LogP contribution in [0.5, 0.6) is 11.5 Å². The minimum absolute atomic E-state index is 0.0335. The van der Waals surface area contributed by atoms with Crippen LogP contribution in [0.2, 0.25) is 0 Å². The third-order valence-electron chi connectivity index (χ3n) is 6.88. The number of aromatic carboxylic acids is 1. The van der Waals surface area contributed by atoms with Gasteiger partial charge in [0.2, 0.25) is 0 Å². The van der Waals surface area contributed by atoms with Crippen LogP contribution >= 0.6 is 0 Å². The smallest absolute Gasteiger partial charge is 0.339 e. The summed E-state index contributed by atoms with van der Waals surface area (Å²) in [6.45, 7) is 2.84. The second kappa shape index (κ2) is 9.80. The molecule has 178 valence electrons. The summed E-state index contributed by atoms with van der Waals surface area (Å²) in [7, 11) is 1.53. The fourth-order valence-electron chi connectivity index (χ4n) is 5.18. The normalized spacial score (nSPS) is 17.9. The van der Waals surface area contributed by atoms with Crippen molar-refractivity contribution in [1.82, 2.24) is 5.32 Å². The predicted octanol–water partition coefficient (Wildman–Crippen LogP) is 6.18. The largest absolute Gasteiger partial charge is 0.496 e. The molecule has 4 aromatic carbocycles. The van der Waals surface area contributed by atoms with E-state index in [1.165, 1.54) is 23.4 Å². The van der Waals surface area contributed by atoms with Gasteiger partial charge in [-0.3, -0.25) is 0 Å². The van der Waals surface area contributed by atoms with Crippen LogP contribution in [0.3, 0.4) is 0 Å². The van der Waals surface area contributed by atoms with Crippen LogP contribution in [0.1, 0.15) is 52.4 Å². The maximum absolute atomic E-state index is 11.8. The molecular weight excluding hydrogens is 438 g/mol. The lowest BCUT2D eigenvalue weighted by Gasteiger charge is -2.34. The van der Waals surface area contributed by atoms with Crippen LogP contribution in [-0.4, -0.2) is 30.8 Å². The van der Waals surface area contributed by atoms with Crippen molar-refractivity contribution >= 4 is 16.7 Å². The summed E-state index contributed by atoms with van der Waals surface area (Å²) in [5, 5.41) is 15.8. The van der Waals surface area contributed by atoms with E-state index < -0.39 is 5.97 Å². The van der Waals surface area contributed by atoms with Crippen LogP contribution < -0.4 is 14.8 Å². The molecule has 1 heterocycles. The first-order valence-electron chi connectivity index (χ1n) is 11.9. The fourth-order valence-corrected chi connectivity index (χ4v) is 5.18. The van der Waals surface area contributed by atoms with Crippen LogP contribution in [0.25, 0.3) is 10.8 Å². The Morgan fingerprint density at radius 2 is 1.71 bits per heavy atom. The van der Waals surface area contributed by atoms with E-state index in [2.05, 4.69) is 60.8 Å². The molecule has 0 aliphatic carbocycles. The van der Waals surface area contributed by atoms with Crippen molar-refractivity contribution in [2.24, 2.45) is 0 Å². The average molecular weight is 468 g/mol. The Morgan fingerprint density at radius 3 is 2.54 bits per heavy atom. The zero-order valence-corrected chi connectivity index (χ0v) is 19.9. The number of carboxylic acid groups (broad SMARTS) is 1. The zero-order valence-electron chi connectivity index (χ0n) is 19.9. The number of hydrogen-bond donors (Lipinski definition) is 2. The van der Waals surface area contributed by atoms with Crippen molar-refractivity contribution in [3.63, 3.8) is 0 Å². The van der Waals surface area contributed by atoms with Gasteiger partial charge < -0.3 is 19.9 Å². The van der Waals surface area contributed by atoms with Crippen molar-refractivity contribution in [1.29, 1.82) is 0 Å². The minimum atomic E-state index is -0.994. The number of nitrogens with one attached hydrogen (secondary N) is 1. The number of para-hydroxylation sites is 2. The third kappa shape index (κ3) is 4.47. The number of benzene rings is 4. The van der Waals surface area contributed by atoms with Gasteiger partial charge in [-0.15, -0.1) is 0 Å². The van der Waals surface area contributed by atoms with E-state index in [4.69, 9.17) is 9.47 Å². The SMILES string of the molecule is COc1c(C(=O)O)cccc1[C@@H]1C[C@H](CN[C@H](C)c2cccc3ccccc23)Oc2ccccc21. The van der Waals surface area contributed by atoms with Crippen molar-refractivity contribution in [3.8, 4) is 11.5 Å². The van der Waals surface area contributed by atoms with Gasteiger partial charge in [-0.25, -0.2) is 4.79 Å². The Labute approximate surface area is 205 Å². The highest BCUT2D eigenvalue weighted by Gasteiger charge is 2.32. The zero-order chi connectivity index (χ0) is 24.4. The second-order valence-corrected chi connectivity index (χ2v) is 9.00. The Bertz CT molecular complexity index is 1360. The molecule has 1 aliphatic heterocycles.